The van der Waals surface area contributed by atoms with Crippen molar-refractivity contribution in [3.05, 3.63) is 0 Å². The predicted octanol–water partition coefficient (Wildman–Crippen LogP) is -1.40. The molecule has 2 fully saturated rings. The summed E-state index contributed by atoms with van der Waals surface area (Å²) in [4.78, 5) is 83.0. The summed E-state index contributed by atoms with van der Waals surface area (Å²) in [6.45, 7) is 6.15. The quantitative estimate of drug-likeness (QED) is 0.192. The second kappa shape index (κ2) is 16.3. The summed E-state index contributed by atoms with van der Waals surface area (Å²) in [5.74, 6) is -5.88. The van der Waals surface area contributed by atoms with Crippen LogP contribution in [0.3, 0.4) is 0 Å². The van der Waals surface area contributed by atoms with Crippen molar-refractivity contribution in [3.8, 4) is 0 Å². The van der Waals surface area contributed by atoms with E-state index in [0.717, 1.165) is 48.5 Å². The lowest BCUT2D eigenvalue weighted by molar-refractivity contribution is -0.313. The van der Waals surface area contributed by atoms with Gasteiger partial charge in [-0.05, 0) is 0 Å². The Balaban J connectivity index is 2.47. The first kappa shape index (κ1) is 36.3. The average molecular weight is 637 g/mol. The number of aliphatic hydroxyl groups is 1. The van der Waals surface area contributed by atoms with E-state index in [9.17, 15) is 38.7 Å². The highest BCUT2D eigenvalue weighted by atomic mass is 16.7. The molecule has 0 aliphatic carbocycles. The molecule has 2 rings (SSSR count). The van der Waals surface area contributed by atoms with Gasteiger partial charge in [-0.1, -0.05) is 0 Å². The summed E-state index contributed by atoms with van der Waals surface area (Å²) in [7, 11) is 0. The van der Waals surface area contributed by atoms with E-state index in [1.807, 2.05) is 0 Å². The highest BCUT2D eigenvalue weighted by molar-refractivity contribution is 5.69. The molecule has 6 unspecified atom stereocenters. The van der Waals surface area contributed by atoms with Crippen LogP contribution in [-0.4, -0.2) is 122 Å². The van der Waals surface area contributed by atoms with E-state index in [0.29, 0.717) is 0 Å². The summed E-state index contributed by atoms with van der Waals surface area (Å²) >= 11 is 0. The van der Waals surface area contributed by atoms with Crippen LogP contribution < -0.4 is 0 Å². The lowest BCUT2D eigenvalue weighted by Gasteiger charge is -2.44. The molecule has 2 aliphatic rings. The Hall–Kier alpha value is -3.87. The highest BCUT2D eigenvalue weighted by Crippen LogP contribution is 2.32. The largest absolute Gasteiger partial charge is 0.463 e. The first-order chi connectivity index (χ1) is 20.5. The van der Waals surface area contributed by atoms with E-state index in [4.69, 9.17) is 47.4 Å². The fourth-order valence-corrected chi connectivity index (χ4v) is 4.53. The molecule has 2 heterocycles. The van der Waals surface area contributed by atoms with Gasteiger partial charge >= 0.3 is 41.8 Å². The summed E-state index contributed by atoms with van der Waals surface area (Å²) in [6.07, 6.45) is -15.3. The van der Waals surface area contributed by atoms with E-state index < -0.39 is 116 Å². The predicted molar refractivity (Wildman–Crippen MR) is 135 cm³/mol. The molecule has 0 spiro atoms. The van der Waals surface area contributed by atoms with Crippen LogP contribution in [0, 0.1) is 0 Å². The topological polar surface area (TPSA) is 232 Å². The fourth-order valence-electron chi connectivity index (χ4n) is 4.53. The van der Waals surface area contributed by atoms with Crippen molar-refractivity contribution >= 4 is 41.8 Å². The minimum Gasteiger partial charge on any atom is -0.463 e. The molecule has 0 amide bonds. The SMILES string of the molecule is CC(=O)OCC1O[C@@H](OCC(OC(C)=O)[C@@H]2O[C@@H](O)C(OC(C)=O)C2OC(C)=O)C(OC(C)=O)C(OC(C)=O)[C@H]1OC(C)=O. The van der Waals surface area contributed by atoms with Gasteiger partial charge in [0, 0.05) is 48.5 Å². The molecule has 0 radical (unpaired) electrons. The van der Waals surface area contributed by atoms with Crippen molar-refractivity contribution in [1.82, 2.24) is 0 Å². The van der Waals surface area contributed by atoms with Gasteiger partial charge in [-0.3, -0.25) is 33.6 Å². The summed E-state index contributed by atoms with van der Waals surface area (Å²) in [5.41, 5.74) is 0. The van der Waals surface area contributed by atoms with Gasteiger partial charge < -0.3 is 52.5 Å². The second-order valence-corrected chi connectivity index (χ2v) is 9.69. The molecule has 18 nitrogen and oxygen atoms in total. The minimum absolute atomic E-state index is 0.526. The van der Waals surface area contributed by atoms with Gasteiger partial charge in [0.15, 0.2) is 49.2 Å². The Morgan fingerprint density at radius 2 is 1.07 bits per heavy atom. The zero-order valence-corrected chi connectivity index (χ0v) is 25.1. The van der Waals surface area contributed by atoms with E-state index >= 15 is 0 Å². The van der Waals surface area contributed by atoms with Gasteiger partial charge in [0.25, 0.3) is 0 Å². The lowest BCUT2D eigenvalue weighted by Crippen LogP contribution is -2.63. The van der Waals surface area contributed by atoms with Crippen molar-refractivity contribution in [1.29, 1.82) is 0 Å². The van der Waals surface area contributed by atoms with Crippen LogP contribution in [0.1, 0.15) is 48.5 Å². The van der Waals surface area contributed by atoms with Crippen LogP contribution in [0.15, 0.2) is 0 Å². The normalized spacial score (nSPS) is 30.2. The molecule has 0 bridgehead atoms. The molecule has 18 heteroatoms. The molecule has 2 saturated heterocycles. The zero-order valence-electron chi connectivity index (χ0n) is 25.1. The first-order valence-corrected chi connectivity index (χ1v) is 13.3. The van der Waals surface area contributed by atoms with Gasteiger partial charge in [-0.2, -0.15) is 0 Å². The molecule has 44 heavy (non-hydrogen) atoms. The number of aliphatic hydroxyl groups excluding tert-OH is 1. The number of carbonyl (C=O) groups excluding carboxylic acids is 7. The average Bonchev–Trinajstić information content (AvgIpc) is 3.16. The Morgan fingerprint density at radius 1 is 0.591 bits per heavy atom. The summed E-state index contributed by atoms with van der Waals surface area (Å²) in [5, 5.41) is 10.4. The minimum atomic E-state index is -1.81. The maximum atomic E-state index is 12.1. The van der Waals surface area contributed by atoms with Crippen LogP contribution in [0.4, 0.5) is 0 Å². The highest BCUT2D eigenvalue weighted by Gasteiger charge is 2.55. The van der Waals surface area contributed by atoms with Crippen molar-refractivity contribution in [3.63, 3.8) is 0 Å². The molecule has 10 atom stereocenters. The summed E-state index contributed by atoms with van der Waals surface area (Å²) < 4.78 is 53.6. The Kier molecular flexibility index (Phi) is 13.4. The third-order valence-corrected chi connectivity index (χ3v) is 5.89. The van der Waals surface area contributed by atoms with Gasteiger partial charge in [0.2, 0.25) is 0 Å². The number of rotatable bonds is 12. The van der Waals surface area contributed by atoms with Crippen LogP contribution in [0.25, 0.3) is 0 Å². The van der Waals surface area contributed by atoms with Crippen LogP contribution in [0.5, 0.6) is 0 Å². The van der Waals surface area contributed by atoms with Gasteiger partial charge in [-0.15, -0.1) is 0 Å². The monoisotopic (exact) mass is 636 g/mol. The maximum Gasteiger partial charge on any atom is 0.303 e. The third-order valence-electron chi connectivity index (χ3n) is 5.89. The Bertz CT molecular complexity index is 1090. The number of esters is 7. The lowest BCUT2D eigenvalue weighted by atomic mass is 9.98. The number of carbonyl (C=O) groups is 7. The van der Waals surface area contributed by atoms with E-state index in [1.54, 1.807) is 0 Å². The molecule has 0 aromatic carbocycles. The standard InChI is InChI=1S/C26H36O18/c1-10(27)35-8-18-19(38-12(3)29)22(40-14(5)31)24(42-16(7)33)26(43-18)36-9-17(37-11(2)28)20-21(39-13(4)30)23(25(34)44-20)41-15(6)32/h17-26,34H,8-9H2,1-7H3/t17?,18?,19-,20-,21?,22?,23?,24?,25+,26+/m0/s1. The first-order valence-electron chi connectivity index (χ1n) is 13.3. The van der Waals surface area contributed by atoms with E-state index in [2.05, 4.69) is 0 Å². The van der Waals surface area contributed by atoms with E-state index in [1.165, 1.54) is 0 Å². The van der Waals surface area contributed by atoms with Gasteiger partial charge in [-0.25, -0.2) is 0 Å². The Morgan fingerprint density at radius 3 is 1.57 bits per heavy atom. The van der Waals surface area contributed by atoms with Crippen molar-refractivity contribution in [2.24, 2.45) is 0 Å². The van der Waals surface area contributed by atoms with Crippen LogP contribution in [0.2, 0.25) is 0 Å². The Labute approximate surface area is 251 Å². The number of ether oxygens (including phenoxy) is 10. The molecule has 0 saturated carbocycles. The maximum absolute atomic E-state index is 12.1. The third kappa shape index (κ3) is 10.7. The molecule has 1 N–H and O–H groups in total. The molecule has 0 aromatic rings. The molecule has 0 aromatic heterocycles. The van der Waals surface area contributed by atoms with Crippen molar-refractivity contribution in [2.75, 3.05) is 13.2 Å². The number of hydrogen-bond donors (Lipinski definition) is 1. The van der Waals surface area contributed by atoms with Gasteiger partial charge in [0.1, 0.15) is 18.8 Å². The van der Waals surface area contributed by atoms with Crippen molar-refractivity contribution < 1.29 is 86.0 Å². The summed E-state index contributed by atoms with van der Waals surface area (Å²) in [6, 6.07) is 0. The fraction of sp³-hybridized carbons (Fsp3) is 0.731. The zero-order chi connectivity index (χ0) is 33.3. The smallest absolute Gasteiger partial charge is 0.303 e. The van der Waals surface area contributed by atoms with E-state index in [-0.39, 0.29) is 0 Å². The molecular formula is C26H36O18. The van der Waals surface area contributed by atoms with Crippen LogP contribution >= 0.6 is 0 Å². The molecular weight excluding hydrogens is 600 g/mol. The number of hydrogen-bond acceptors (Lipinski definition) is 18. The molecule has 248 valence electrons. The van der Waals surface area contributed by atoms with Crippen molar-refractivity contribution in [2.45, 2.75) is 110 Å². The van der Waals surface area contributed by atoms with Crippen LogP contribution in [-0.2, 0) is 80.9 Å². The second-order valence-electron chi connectivity index (χ2n) is 9.69. The van der Waals surface area contributed by atoms with Gasteiger partial charge in [0.05, 0.1) is 6.61 Å². The molecule has 2 aliphatic heterocycles.